The minimum atomic E-state index is -0.790. The molecule has 1 N–H and O–H groups in total. The Morgan fingerprint density at radius 2 is 1.61 bits per heavy atom. The molecular formula is C26H29Cl2N5O3. The lowest BCUT2D eigenvalue weighted by Gasteiger charge is -2.43. The van der Waals surface area contributed by atoms with Gasteiger partial charge in [0.2, 0.25) is 5.91 Å². The number of benzene rings is 2. The Morgan fingerprint density at radius 1 is 0.917 bits per heavy atom. The standard InChI is InChI=1S/C26H29Cl2N5O3/c27-19-8-9-22(21(28)16-19)29-25(36)31-14-10-26(11-15-31)24(35)32(17-23(34)30-12-4-5-13-30)18-33(26)20-6-2-1-3-7-20/h1-3,6-9,16H,4-5,10-15,17-18H2,(H,29,36). The number of carbonyl (C=O) groups excluding carboxylic acids is 3. The van der Waals surface area contributed by atoms with Crippen LogP contribution in [0.25, 0.3) is 0 Å². The highest BCUT2D eigenvalue weighted by Gasteiger charge is 2.54. The van der Waals surface area contributed by atoms with E-state index in [0.29, 0.717) is 48.3 Å². The van der Waals surface area contributed by atoms with E-state index in [1.54, 1.807) is 28.0 Å². The van der Waals surface area contributed by atoms with Crippen LogP contribution in [0.1, 0.15) is 25.7 Å². The number of nitrogens with one attached hydrogen (secondary N) is 1. The van der Waals surface area contributed by atoms with Crippen molar-refractivity contribution in [2.45, 2.75) is 31.2 Å². The molecule has 0 radical (unpaired) electrons. The molecule has 4 amide bonds. The van der Waals surface area contributed by atoms with Crippen LogP contribution in [-0.2, 0) is 9.59 Å². The number of halogens is 2. The Hall–Kier alpha value is -2.97. The summed E-state index contributed by atoms with van der Waals surface area (Å²) in [6.07, 6.45) is 2.96. The molecule has 0 aliphatic carbocycles. The van der Waals surface area contributed by atoms with Crippen LogP contribution in [0.2, 0.25) is 10.0 Å². The lowest BCUT2D eigenvalue weighted by Crippen LogP contribution is -2.58. The highest BCUT2D eigenvalue weighted by molar-refractivity contribution is 6.36. The van der Waals surface area contributed by atoms with E-state index >= 15 is 0 Å². The summed E-state index contributed by atoms with van der Waals surface area (Å²) in [5.74, 6) is -0.0396. The number of likely N-dealkylation sites (tertiary alicyclic amines) is 2. The zero-order valence-corrected chi connectivity index (χ0v) is 21.5. The monoisotopic (exact) mass is 529 g/mol. The normalized spacial score (nSPS) is 19.3. The number of amides is 4. The first-order valence-corrected chi connectivity index (χ1v) is 13.0. The van der Waals surface area contributed by atoms with Crippen LogP contribution in [0.4, 0.5) is 16.2 Å². The SMILES string of the molecule is O=C(CN1CN(c2ccccc2)C2(CCN(C(=O)Nc3ccc(Cl)cc3Cl)CC2)C1=O)N1CCCC1. The van der Waals surface area contributed by atoms with Crippen molar-refractivity contribution in [2.24, 2.45) is 0 Å². The second-order valence-corrected chi connectivity index (χ2v) is 10.4. The van der Waals surface area contributed by atoms with Crippen molar-refractivity contribution in [2.75, 3.05) is 49.6 Å². The summed E-state index contributed by atoms with van der Waals surface area (Å²) in [5, 5.41) is 3.70. The average Bonchev–Trinajstić information content (AvgIpc) is 3.51. The third-order valence-electron chi connectivity index (χ3n) is 7.42. The highest BCUT2D eigenvalue weighted by atomic mass is 35.5. The van der Waals surface area contributed by atoms with Gasteiger partial charge in [0, 0.05) is 36.9 Å². The molecule has 0 atom stereocenters. The molecule has 3 aliphatic heterocycles. The van der Waals surface area contributed by atoms with Crippen molar-refractivity contribution < 1.29 is 14.4 Å². The topological polar surface area (TPSA) is 76.2 Å². The van der Waals surface area contributed by atoms with Gasteiger partial charge in [0.15, 0.2) is 0 Å². The van der Waals surface area contributed by atoms with Gasteiger partial charge in [-0.3, -0.25) is 9.59 Å². The van der Waals surface area contributed by atoms with Crippen LogP contribution in [0, 0.1) is 0 Å². The van der Waals surface area contributed by atoms with Gasteiger partial charge in [0.25, 0.3) is 5.91 Å². The van der Waals surface area contributed by atoms with E-state index in [9.17, 15) is 14.4 Å². The third-order valence-corrected chi connectivity index (χ3v) is 7.97. The first-order chi connectivity index (χ1) is 17.4. The fourth-order valence-electron chi connectivity index (χ4n) is 5.42. The van der Waals surface area contributed by atoms with E-state index in [1.807, 2.05) is 35.2 Å². The van der Waals surface area contributed by atoms with E-state index < -0.39 is 5.54 Å². The van der Waals surface area contributed by atoms with Crippen molar-refractivity contribution >= 4 is 52.4 Å². The number of urea groups is 1. The molecule has 1 spiro atoms. The number of carbonyl (C=O) groups is 3. The Labute approximate surface area is 220 Å². The van der Waals surface area contributed by atoms with Gasteiger partial charge in [-0.1, -0.05) is 41.4 Å². The summed E-state index contributed by atoms with van der Waals surface area (Å²) >= 11 is 12.2. The molecule has 0 saturated carbocycles. The smallest absolute Gasteiger partial charge is 0.321 e. The highest BCUT2D eigenvalue weighted by Crippen LogP contribution is 2.39. The van der Waals surface area contributed by atoms with E-state index in [4.69, 9.17) is 23.2 Å². The molecule has 190 valence electrons. The number of piperidine rings is 1. The fourth-order valence-corrected chi connectivity index (χ4v) is 5.87. The summed E-state index contributed by atoms with van der Waals surface area (Å²) < 4.78 is 0. The van der Waals surface area contributed by atoms with E-state index in [1.165, 1.54) is 0 Å². The minimum Gasteiger partial charge on any atom is -0.341 e. The summed E-state index contributed by atoms with van der Waals surface area (Å²) in [5.41, 5.74) is 0.634. The molecular weight excluding hydrogens is 501 g/mol. The van der Waals surface area contributed by atoms with Crippen molar-refractivity contribution in [3.05, 3.63) is 58.6 Å². The Morgan fingerprint density at radius 3 is 2.28 bits per heavy atom. The molecule has 0 bridgehead atoms. The summed E-state index contributed by atoms with van der Waals surface area (Å²) in [4.78, 5) is 47.0. The molecule has 2 aromatic rings. The van der Waals surface area contributed by atoms with Crippen LogP contribution >= 0.6 is 23.2 Å². The maximum absolute atomic E-state index is 13.8. The summed E-state index contributed by atoms with van der Waals surface area (Å²) in [6.45, 7) is 2.77. The summed E-state index contributed by atoms with van der Waals surface area (Å²) in [7, 11) is 0. The zero-order valence-electron chi connectivity index (χ0n) is 20.0. The number of anilines is 2. The molecule has 8 nitrogen and oxygen atoms in total. The van der Waals surface area contributed by atoms with E-state index in [2.05, 4.69) is 10.2 Å². The first kappa shape index (κ1) is 24.7. The lowest BCUT2D eigenvalue weighted by atomic mass is 9.85. The van der Waals surface area contributed by atoms with Crippen LogP contribution in [-0.4, -0.2) is 77.5 Å². The number of nitrogens with zero attached hydrogens (tertiary/aromatic N) is 4. The molecule has 3 aliphatic rings. The fraction of sp³-hybridized carbons (Fsp3) is 0.423. The van der Waals surface area contributed by atoms with Gasteiger partial charge in [0.1, 0.15) is 12.1 Å². The van der Waals surface area contributed by atoms with Gasteiger partial charge in [-0.15, -0.1) is 0 Å². The van der Waals surface area contributed by atoms with Crippen molar-refractivity contribution in [3.8, 4) is 0 Å². The number of hydrogen-bond donors (Lipinski definition) is 1. The minimum absolute atomic E-state index is 0.00238. The maximum Gasteiger partial charge on any atom is 0.321 e. The summed E-state index contributed by atoms with van der Waals surface area (Å²) in [6, 6.07) is 14.5. The molecule has 0 unspecified atom stereocenters. The molecule has 0 aromatic heterocycles. The third kappa shape index (κ3) is 4.72. The lowest BCUT2D eigenvalue weighted by molar-refractivity contribution is -0.140. The largest absolute Gasteiger partial charge is 0.341 e. The number of rotatable bonds is 4. The quantitative estimate of drug-likeness (QED) is 0.640. The second kappa shape index (κ2) is 10.2. The zero-order chi connectivity index (χ0) is 25.3. The number of hydrogen-bond acceptors (Lipinski definition) is 4. The van der Waals surface area contributed by atoms with Gasteiger partial charge in [0.05, 0.1) is 17.4 Å². The van der Waals surface area contributed by atoms with Gasteiger partial charge in [-0.25, -0.2) is 4.79 Å². The number of para-hydroxylation sites is 1. The molecule has 2 aromatic carbocycles. The van der Waals surface area contributed by atoms with Crippen molar-refractivity contribution in [1.82, 2.24) is 14.7 Å². The Balaban J connectivity index is 1.31. The molecule has 5 rings (SSSR count). The molecule has 3 heterocycles. The van der Waals surface area contributed by atoms with E-state index in [0.717, 1.165) is 31.6 Å². The van der Waals surface area contributed by atoms with Crippen molar-refractivity contribution in [1.29, 1.82) is 0 Å². The van der Waals surface area contributed by atoms with Crippen LogP contribution in [0.3, 0.4) is 0 Å². The van der Waals surface area contributed by atoms with Gasteiger partial charge in [-0.05, 0) is 56.0 Å². The van der Waals surface area contributed by atoms with Gasteiger partial charge >= 0.3 is 6.03 Å². The second-order valence-electron chi connectivity index (χ2n) is 9.57. The first-order valence-electron chi connectivity index (χ1n) is 12.3. The molecule has 3 saturated heterocycles. The van der Waals surface area contributed by atoms with Crippen LogP contribution in [0.5, 0.6) is 0 Å². The maximum atomic E-state index is 13.8. The van der Waals surface area contributed by atoms with Crippen LogP contribution in [0.15, 0.2) is 48.5 Å². The van der Waals surface area contributed by atoms with Crippen LogP contribution < -0.4 is 10.2 Å². The average molecular weight is 530 g/mol. The van der Waals surface area contributed by atoms with Gasteiger partial charge < -0.3 is 24.9 Å². The Bertz CT molecular complexity index is 1150. The molecule has 10 heteroatoms. The van der Waals surface area contributed by atoms with Crippen molar-refractivity contribution in [3.63, 3.8) is 0 Å². The Kier molecular flexibility index (Phi) is 6.99. The van der Waals surface area contributed by atoms with E-state index in [-0.39, 0.29) is 24.4 Å². The van der Waals surface area contributed by atoms with Gasteiger partial charge in [-0.2, -0.15) is 0 Å². The molecule has 3 fully saturated rings. The predicted molar refractivity (Wildman–Crippen MR) is 140 cm³/mol. The molecule has 36 heavy (non-hydrogen) atoms. The predicted octanol–water partition coefficient (Wildman–Crippen LogP) is 4.29.